The third-order valence-electron chi connectivity index (χ3n) is 2.33. The number of hydrogen-bond donors (Lipinski definition) is 1. The molecule has 1 fully saturated rings. The smallest absolute Gasteiger partial charge is 0.360 e. The summed E-state index contributed by atoms with van der Waals surface area (Å²) in [5, 5.41) is 8.80. The van der Waals surface area contributed by atoms with E-state index in [1.165, 1.54) is 25.2 Å². The van der Waals surface area contributed by atoms with Gasteiger partial charge in [-0.1, -0.05) is 12.8 Å². The largest absolute Gasteiger partial charge is 0.476 e. The molecule has 0 radical (unpaired) electrons. The molecule has 80 valence electrons. The van der Waals surface area contributed by atoms with Gasteiger partial charge in [0.2, 0.25) is 11.6 Å². The Morgan fingerprint density at radius 2 is 2.20 bits per heavy atom. The molecule has 0 atom stereocenters. The molecule has 1 N–H and O–H groups in total. The van der Waals surface area contributed by atoms with Gasteiger partial charge in [-0.2, -0.15) is 0 Å². The molecule has 0 saturated heterocycles. The number of carboxylic acids is 1. The quantitative estimate of drug-likeness (QED) is 0.790. The number of nitrogens with zero attached hydrogens (tertiary/aromatic N) is 2. The Balaban J connectivity index is 1.95. The Labute approximate surface area is 87.1 Å². The maximum Gasteiger partial charge on any atom is 0.360 e. The van der Waals surface area contributed by atoms with E-state index in [2.05, 4.69) is 9.97 Å². The van der Waals surface area contributed by atoms with Crippen molar-refractivity contribution in [1.29, 1.82) is 0 Å². The van der Waals surface area contributed by atoms with E-state index in [4.69, 9.17) is 9.84 Å². The predicted octanol–water partition coefficient (Wildman–Crippen LogP) is 1.35. The summed E-state index contributed by atoms with van der Waals surface area (Å²) in [7, 11) is 0. The zero-order valence-electron chi connectivity index (χ0n) is 8.22. The van der Waals surface area contributed by atoms with Gasteiger partial charge in [0.05, 0.1) is 6.61 Å². The first-order valence-electron chi connectivity index (χ1n) is 4.94. The highest BCUT2D eigenvalue weighted by Crippen LogP contribution is 2.32. The lowest BCUT2D eigenvalue weighted by Gasteiger charge is -2.05. The maximum atomic E-state index is 10.7. The minimum atomic E-state index is -1.11. The molecule has 1 aliphatic rings. The van der Waals surface area contributed by atoms with Crippen LogP contribution in [0.1, 0.15) is 29.8 Å². The fourth-order valence-electron chi connectivity index (χ4n) is 1.31. The first-order chi connectivity index (χ1) is 7.27. The molecule has 15 heavy (non-hydrogen) atoms. The van der Waals surface area contributed by atoms with E-state index >= 15 is 0 Å². The maximum absolute atomic E-state index is 10.7. The fourth-order valence-corrected chi connectivity index (χ4v) is 1.31. The number of carboxylic acid groups (broad SMARTS) is 1. The molecule has 0 aromatic carbocycles. The molecule has 1 saturated carbocycles. The minimum absolute atomic E-state index is 0.116. The fraction of sp³-hybridized carbons (Fsp3) is 0.500. The van der Waals surface area contributed by atoms with Crippen LogP contribution in [0, 0.1) is 5.92 Å². The summed E-state index contributed by atoms with van der Waals surface area (Å²) in [6.07, 6.45) is 6.26. The van der Waals surface area contributed by atoms with Gasteiger partial charge in [-0.3, -0.25) is 0 Å². The Morgan fingerprint density at radius 3 is 2.87 bits per heavy atom. The summed E-state index contributed by atoms with van der Waals surface area (Å²) in [5.41, 5.74) is -0.117. The lowest BCUT2D eigenvalue weighted by atomic mass is 10.3. The van der Waals surface area contributed by atoms with Crippen molar-refractivity contribution in [2.45, 2.75) is 19.3 Å². The average molecular weight is 208 g/mol. The number of hydrogen-bond acceptors (Lipinski definition) is 4. The van der Waals surface area contributed by atoms with Crippen LogP contribution in [0.2, 0.25) is 0 Å². The summed E-state index contributed by atoms with van der Waals surface area (Å²) in [6.45, 7) is 0.518. The van der Waals surface area contributed by atoms with Gasteiger partial charge in [0.1, 0.15) is 0 Å². The van der Waals surface area contributed by atoms with Crippen LogP contribution in [0.5, 0.6) is 5.88 Å². The van der Waals surface area contributed by atoms with E-state index in [9.17, 15) is 4.79 Å². The molecule has 2 rings (SSSR count). The van der Waals surface area contributed by atoms with Crippen LogP contribution in [-0.2, 0) is 0 Å². The van der Waals surface area contributed by atoms with Gasteiger partial charge in [-0.15, -0.1) is 0 Å². The topological polar surface area (TPSA) is 72.3 Å². The van der Waals surface area contributed by atoms with E-state index in [-0.39, 0.29) is 11.6 Å². The Bertz CT molecular complexity index is 363. The summed E-state index contributed by atoms with van der Waals surface area (Å²) >= 11 is 0. The van der Waals surface area contributed by atoms with Crippen molar-refractivity contribution < 1.29 is 14.6 Å². The van der Waals surface area contributed by atoms with Crippen molar-refractivity contribution in [1.82, 2.24) is 9.97 Å². The van der Waals surface area contributed by atoms with Crippen LogP contribution >= 0.6 is 0 Å². The van der Waals surface area contributed by atoms with Gasteiger partial charge in [0, 0.05) is 12.4 Å². The molecular formula is C10H12N2O3. The second-order valence-corrected chi connectivity index (χ2v) is 3.60. The SMILES string of the molecule is O=C(O)c1nccnc1OCCC1CC1. The van der Waals surface area contributed by atoms with Crippen LogP contribution in [0.3, 0.4) is 0 Å². The van der Waals surface area contributed by atoms with Gasteiger partial charge >= 0.3 is 5.97 Å². The lowest BCUT2D eigenvalue weighted by molar-refractivity contribution is 0.0684. The van der Waals surface area contributed by atoms with E-state index in [1.54, 1.807) is 0 Å². The summed E-state index contributed by atoms with van der Waals surface area (Å²) in [6, 6.07) is 0. The molecule has 0 bridgehead atoms. The molecule has 0 aliphatic heterocycles. The van der Waals surface area contributed by atoms with Gasteiger partial charge in [0.25, 0.3) is 0 Å². The van der Waals surface area contributed by atoms with E-state index in [1.807, 2.05) is 0 Å². The van der Waals surface area contributed by atoms with Gasteiger partial charge in [0.15, 0.2) is 0 Å². The van der Waals surface area contributed by atoms with Crippen LogP contribution < -0.4 is 4.74 Å². The number of carbonyl (C=O) groups is 1. The molecule has 1 heterocycles. The van der Waals surface area contributed by atoms with E-state index in [0.29, 0.717) is 6.61 Å². The summed E-state index contributed by atoms with van der Waals surface area (Å²) < 4.78 is 5.29. The van der Waals surface area contributed by atoms with Crippen molar-refractivity contribution in [2.75, 3.05) is 6.61 Å². The molecular weight excluding hydrogens is 196 g/mol. The van der Waals surface area contributed by atoms with Crippen LogP contribution in [0.15, 0.2) is 12.4 Å². The van der Waals surface area contributed by atoms with Gasteiger partial charge in [-0.05, 0) is 12.3 Å². The van der Waals surface area contributed by atoms with Crippen molar-refractivity contribution in [3.05, 3.63) is 18.1 Å². The zero-order valence-corrected chi connectivity index (χ0v) is 8.22. The Hall–Kier alpha value is -1.65. The average Bonchev–Trinajstić information content (AvgIpc) is 3.02. The van der Waals surface area contributed by atoms with Crippen LogP contribution in [0.25, 0.3) is 0 Å². The molecule has 1 aromatic heterocycles. The summed E-state index contributed by atoms with van der Waals surface area (Å²) in [5.74, 6) is -0.231. The highest BCUT2D eigenvalue weighted by Gasteiger charge is 2.21. The first kappa shape index (κ1) is 9.89. The first-order valence-corrected chi connectivity index (χ1v) is 4.94. The molecule has 0 amide bonds. The van der Waals surface area contributed by atoms with E-state index in [0.717, 1.165) is 12.3 Å². The molecule has 1 aromatic rings. The second-order valence-electron chi connectivity index (χ2n) is 3.60. The number of rotatable bonds is 5. The van der Waals surface area contributed by atoms with Crippen molar-refractivity contribution in [3.63, 3.8) is 0 Å². The molecule has 5 heteroatoms. The van der Waals surface area contributed by atoms with Crippen LogP contribution in [0.4, 0.5) is 0 Å². The monoisotopic (exact) mass is 208 g/mol. The predicted molar refractivity (Wildman–Crippen MR) is 51.8 cm³/mol. The Kier molecular flexibility index (Phi) is 2.80. The van der Waals surface area contributed by atoms with Gasteiger partial charge < -0.3 is 9.84 Å². The van der Waals surface area contributed by atoms with E-state index < -0.39 is 5.97 Å². The third-order valence-corrected chi connectivity index (χ3v) is 2.33. The van der Waals surface area contributed by atoms with Crippen molar-refractivity contribution in [3.8, 4) is 5.88 Å². The third kappa shape index (κ3) is 2.65. The minimum Gasteiger partial charge on any atom is -0.476 e. The van der Waals surface area contributed by atoms with Crippen molar-refractivity contribution in [2.24, 2.45) is 5.92 Å². The lowest BCUT2D eigenvalue weighted by Crippen LogP contribution is -2.08. The Morgan fingerprint density at radius 1 is 1.47 bits per heavy atom. The molecule has 5 nitrogen and oxygen atoms in total. The highest BCUT2D eigenvalue weighted by atomic mass is 16.5. The van der Waals surface area contributed by atoms with Crippen molar-refractivity contribution >= 4 is 5.97 Å². The number of aromatic nitrogens is 2. The number of aromatic carboxylic acids is 1. The standard InChI is InChI=1S/C10H12N2O3/c13-10(14)8-9(12-5-4-11-8)15-6-3-7-1-2-7/h4-5,7H,1-3,6H2,(H,13,14). The zero-order chi connectivity index (χ0) is 10.7. The normalized spacial score (nSPS) is 14.9. The van der Waals surface area contributed by atoms with Gasteiger partial charge in [-0.25, -0.2) is 14.8 Å². The summed E-state index contributed by atoms with van der Waals surface area (Å²) in [4.78, 5) is 18.3. The highest BCUT2D eigenvalue weighted by molar-refractivity contribution is 5.87. The molecule has 0 spiro atoms. The van der Waals surface area contributed by atoms with Crippen LogP contribution in [-0.4, -0.2) is 27.7 Å². The molecule has 1 aliphatic carbocycles. The number of ether oxygens (including phenoxy) is 1. The second kappa shape index (κ2) is 4.25. The molecule has 0 unspecified atom stereocenters.